The molecule has 1 aromatic rings. The normalized spacial score (nSPS) is 21.8. The maximum Gasteiger partial charge on any atom is 0.152 e. The first-order chi connectivity index (χ1) is 8.52. The molecule has 2 heterocycles. The largest absolute Gasteiger partial charge is 0.369 e. The van der Waals surface area contributed by atoms with E-state index in [9.17, 15) is 8.42 Å². The number of anilines is 2. The van der Waals surface area contributed by atoms with Gasteiger partial charge in [-0.25, -0.2) is 13.4 Å². The topological polar surface area (TPSA) is 75.2 Å². The van der Waals surface area contributed by atoms with E-state index in [0.29, 0.717) is 18.1 Å². The van der Waals surface area contributed by atoms with Gasteiger partial charge in [-0.3, -0.25) is 4.98 Å². The SMILES string of the molecule is CCNc1cncc(N(C)C2CCS(=O)(=O)C2)n1. The lowest BCUT2D eigenvalue weighted by Crippen LogP contribution is -2.33. The Bertz CT molecular complexity index is 518. The summed E-state index contributed by atoms with van der Waals surface area (Å²) in [5.41, 5.74) is 0. The number of nitrogens with one attached hydrogen (secondary N) is 1. The molecule has 1 fully saturated rings. The summed E-state index contributed by atoms with van der Waals surface area (Å²) in [4.78, 5) is 10.4. The molecule has 1 aliphatic heterocycles. The van der Waals surface area contributed by atoms with E-state index in [2.05, 4.69) is 15.3 Å². The number of nitrogens with zero attached hydrogens (tertiary/aromatic N) is 3. The summed E-state index contributed by atoms with van der Waals surface area (Å²) >= 11 is 0. The Morgan fingerprint density at radius 1 is 1.50 bits per heavy atom. The standard InChI is InChI=1S/C11H18N4O2S/c1-3-13-10-6-12-7-11(14-10)15(2)9-4-5-18(16,17)8-9/h6-7,9H,3-5,8H2,1-2H3,(H,13,14). The van der Waals surface area contributed by atoms with Crippen molar-refractivity contribution in [3.05, 3.63) is 12.4 Å². The third-order valence-electron chi connectivity index (χ3n) is 3.10. The molecule has 1 aromatic heterocycles. The van der Waals surface area contributed by atoms with Crippen molar-refractivity contribution in [2.24, 2.45) is 0 Å². The van der Waals surface area contributed by atoms with Gasteiger partial charge in [0.15, 0.2) is 9.84 Å². The van der Waals surface area contributed by atoms with Crippen LogP contribution in [-0.2, 0) is 9.84 Å². The Labute approximate surface area is 107 Å². The summed E-state index contributed by atoms with van der Waals surface area (Å²) in [5.74, 6) is 1.89. The minimum atomic E-state index is -2.87. The van der Waals surface area contributed by atoms with Gasteiger partial charge in [0.2, 0.25) is 0 Å². The number of sulfone groups is 1. The van der Waals surface area contributed by atoms with Crippen LogP contribution in [0, 0.1) is 0 Å². The highest BCUT2D eigenvalue weighted by Crippen LogP contribution is 2.21. The zero-order valence-electron chi connectivity index (χ0n) is 10.6. The first-order valence-electron chi connectivity index (χ1n) is 6.01. The van der Waals surface area contributed by atoms with Crippen molar-refractivity contribution in [2.45, 2.75) is 19.4 Å². The molecule has 0 bridgehead atoms. The minimum Gasteiger partial charge on any atom is -0.369 e. The zero-order valence-corrected chi connectivity index (χ0v) is 11.4. The van der Waals surface area contributed by atoms with Gasteiger partial charge >= 0.3 is 0 Å². The number of aromatic nitrogens is 2. The molecule has 0 aromatic carbocycles. The molecule has 0 aliphatic carbocycles. The maximum atomic E-state index is 11.5. The monoisotopic (exact) mass is 270 g/mol. The second kappa shape index (κ2) is 5.09. The molecule has 100 valence electrons. The van der Waals surface area contributed by atoms with Crippen LogP contribution in [0.25, 0.3) is 0 Å². The minimum absolute atomic E-state index is 0.00109. The Morgan fingerprint density at radius 2 is 2.28 bits per heavy atom. The maximum absolute atomic E-state index is 11.5. The van der Waals surface area contributed by atoms with Gasteiger partial charge in [-0.1, -0.05) is 0 Å². The van der Waals surface area contributed by atoms with Gasteiger partial charge in [-0.15, -0.1) is 0 Å². The van der Waals surface area contributed by atoms with Crippen LogP contribution in [0.5, 0.6) is 0 Å². The molecule has 6 nitrogen and oxygen atoms in total. The van der Waals surface area contributed by atoms with Crippen molar-refractivity contribution >= 4 is 21.5 Å². The second-order valence-corrected chi connectivity index (χ2v) is 6.69. The van der Waals surface area contributed by atoms with Crippen molar-refractivity contribution in [2.75, 3.05) is 35.3 Å². The van der Waals surface area contributed by atoms with E-state index in [1.165, 1.54) is 0 Å². The average Bonchev–Trinajstić information content (AvgIpc) is 2.70. The third kappa shape index (κ3) is 2.90. The van der Waals surface area contributed by atoms with E-state index < -0.39 is 9.84 Å². The van der Waals surface area contributed by atoms with Crippen molar-refractivity contribution in [1.29, 1.82) is 0 Å². The molecule has 0 saturated carbocycles. The van der Waals surface area contributed by atoms with Crippen LogP contribution in [-0.4, -0.2) is 49.5 Å². The van der Waals surface area contributed by atoms with E-state index in [1.54, 1.807) is 12.4 Å². The van der Waals surface area contributed by atoms with Gasteiger partial charge in [0.05, 0.1) is 23.9 Å². The third-order valence-corrected chi connectivity index (χ3v) is 4.85. The average molecular weight is 270 g/mol. The van der Waals surface area contributed by atoms with E-state index in [-0.39, 0.29) is 17.5 Å². The summed E-state index contributed by atoms with van der Waals surface area (Å²) < 4.78 is 22.9. The Morgan fingerprint density at radius 3 is 2.89 bits per heavy atom. The van der Waals surface area contributed by atoms with E-state index in [1.807, 2.05) is 18.9 Å². The summed E-state index contributed by atoms with van der Waals surface area (Å²) in [6, 6.07) is 0.00109. The molecule has 1 atom stereocenters. The molecule has 2 rings (SSSR count). The van der Waals surface area contributed by atoms with Crippen LogP contribution in [0.4, 0.5) is 11.6 Å². The molecular weight excluding hydrogens is 252 g/mol. The van der Waals surface area contributed by atoms with Gasteiger partial charge in [-0.05, 0) is 13.3 Å². The molecular formula is C11H18N4O2S. The van der Waals surface area contributed by atoms with Crippen LogP contribution in [0.2, 0.25) is 0 Å². The molecule has 1 unspecified atom stereocenters. The number of rotatable bonds is 4. The lowest BCUT2D eigenvalue weighted by molar-refractivity contribution is 0.600. The summed E-state index contributed by atoms with van der Waals surface area (Å²) in [6.45, 7) is 2.77. The van der Waals surface area contributed by atoms with Gasteiger partial charge in [-0.2, -0.15) is 0 Å². The van der Waals surface area contributed by atoms with Crippen molar-refractivity contribution < 1.29 is 8.42 Å². The summed E-state index contributed by atoms with van der Waals surface area (Å²) in [6.07, 6.45) is 3.98. The first kappa shape index (κ1) is 13.1. The highest BCUT2D eigenvalue weighted by atomic mass is 32.2. The lowest BCUT2D eigenvalue weighted by Gasteiger charge is -2.24. The highest BCUT2D eigenvalue weighted by Gasteiger charge is 2.31. The fourth-order valence-electron chi connectivity index (χ4n) is 2.06. The van der Waals surface area contributed by atoms with Crippen molar-refractivity contribution in [3.8, 4) is 0 Å². The lowest BCUT2D eigenvalue weighted by atomic mass is 10.2. The predicted octanol–water partition coefficient (Wildman–Crippen LogP) is 0.532. The van der Waals surface area contributed by atoms with E-state index in [4.69, 9.17) is 0 Å². The summed E-state index contributed by atoms with van der Waals surface area (Å²) in [5, 5.41) is 3.09. The Balaban J connectivity index is 2.13. The van der Waals surface area contributed by atoms with Crippen LogP contribution in [0.1, 0.15) is 13.3 Å². The molecule has 1 aliphatic rings. The van der Waals surface area contributed by atoms with Crippen LogP contribution in [0.15, 0.2) is 12.4 Å². The fourth-order valence-corrected chi connectivity index (χ4v) is 3.83. The first-order valence-corrected chi connectivity index (χ1v) is 7.83. The Kier molecular flexibility index (Phi) is 3.70. The predicted molar refractivity (Wildman–Crippen MR) is 71.7 cm³/mol. The highest BCUT2D eigenvalue weighted by molar-refractivity contribution is 7.91. The molecule has 0 radical (unpaired) electrons. The van der Waals surface area contributed by atoms with Gasteiger partial charge in [0, 0.05) is 19.6 Å². The van der Waals surface area contributed by atoms with Crippen molar-refractivity contribution in [3.63, 3.8) is 0 Å². The van der Waals surface area contributed by atoms with Gasteiger partial charge in [0.25, 0.3) is 0 Å². The molecule has 1 saturated heterocycles. The van der Waals surface area contributed by atoms with Crippen LogP contribution < -0.4 is 10.2 Å². The second-order valence-electron chi connectivity index (χ2n) is 4.46. The fraction of sp³-hybridized carbons (Fsp3) is 0.636. The van der Waals surface area contributed by atoms with Gasteiger partial charge in [0.1, 0.15) is 11.6 Å². The molecule has 1 N–H and O–H groups in total. The zero-order chi connectivity index (χ0) is 13.2. The molecule has 7 heteroatoms. The number of hydrogen-bond acceptors (Lipinski definition) is 6. The van der Waals surface area contributed by atoms with Crippen LogP contribution >= 0.6 is 0 Å². The smallest absolute Gasteiger partial charge is 0.152 e. The van der Waals surface area contributed by atoms with E-state index >= 15 is 0 Å². The van der Waals surface area contributed by atoms with E-state index in [0.717, 1.165) is 6.54 Å². The number of hydrogen-bond donors (Lipinski definition) is 1. The van der Waals surface area contributed by atoms with Crippen LogP contribution in [0.3, 0.4) is 0 Å². The quantitative estimate of drug-likeness (QED) is 0.860. The molecule has 0 spiro atoms. The van der Waals surface area contributed by atoms with Gasteiger partial charge < -0.3 is 10.2 Å². The summed E-state index contributed by atoms with van der Waals surface area (Å²) in [7, 11) is -1.01. The Hall–Kier alpha value is -1.37. The molecule has 0 amide bonds. The van der Waals surface area contributed by atoms with Crippen molar-refractivity contribution in [1.82, 2.24) is 9.97 Å². The molecule has 18 heavy (non-hydrogen) atoms.